The van der Waals surface area contributed by atoms with Crippen molar-refractivity contribution in [3.63, 3.8) is 0 Å². The number of benzene rings is 2. The van der Waals surface area contributed by atoms with Gasteiger partial charge in [0.15, 0.2) is 0 Å². The van der Waals surface area contributed by atoms with Gasteiger partial charge in [-0.25, -0.2) is 4.68 Å². The summed E-state index contributed by atoms with van der Waals surface area (Å²) in [5, 5.41) is 6.76. The van der Waals surface area contributed by atoms with Crippen molar-refractivity contribution in [2.45, 2.75) is 6.18 Å². The monoisotopic (exact) mass is 485 g/mol. The number of rotatable bonds is 5. The third kappa shape index (κ3) is 4.91. The molecule has 4 rings (SSSR count). The molecule has 2 aromatic carbocycles. The summed E-state index contributed by atoms with van der Waals surface area (Å²) < 4.78 is 40.0. The fraction of sp³-hybridized carbons (Fsp3) is 0.0435. The Kier molecular flexibility index (Phi) is 6.08. The molecule has 0 unspecified atom stereocenters. The summed E-state index contributed by atoms with van der Waals surface area (Å²) in [7, 11) is 0. The minimum atomic E-state index is -4.56. The molecular weight excluding hydrogens is 471 g/mol. The number of amides is 2. The Morgan fingerprint density at radius 1 is 1.00 bits per heavy atom. The molecule has 3 N–H and O–H groups in total. The predicted molar refractivity (Wildman–Crippen MR) is 120 cm³/mol. The summed E-state index contributed by atoms with van der Waals surface area (Å²) in [5.74, 6) is -1.24. The summed E-state index contributed by atoms with van der Waals surface area (Å²) in [4.78, 5) is 27.9. The molecule has 2 heterocycles. The molecule has 0 aliphatic carbocycles. The van der Waals surface area contributed by atoms with Crippen LogP contribution in [-0.4, -0.2) is 26.6 Å². The molecule has 34 heavy (non-hydrogen) atoms. The molecule has 0 fully saturated rings. The van der Waals surface area contributed by atoms with Gasteiger partial charge in [0.1, 0.15) is 5.69 Å². The Hall–Kier alpha value is -4.18. The van der Waals surface area contributed by atoms with Gasteiger partial charge in [-0.1, -0.05) is 17.7 Å². The number of nitrogens with zero attached hydrogens (tertiary/aromatic N) is 3. The van der Waals surface area contributed by atoms with E-state index in [1.165, 1.54) is 6.20 Å². The zero-order valence-electron chi connectivity index (χ0n) is 17.2. The Labute approximate surface area is 196 Å². The van der Waals surface area contributed by atoms with Gasteiger partial charge in [-0.2, -0.15) is 18.3 Å². The Morgan fingerprint density at radius 2 is 1.79 bits per heavy atom. The molecule has 0 aliphatic rings. The Bertz CT molecular complexity index is 1380. The standard InChI is InChI=1S/C23H15ClF3N5O2/c24-18-10-14(23(25,26)27)5-6-17(18)22(34)30-15-2-1-3-16(11-15)32-9-8-20(31-32)19-7-4-13(12-29-19)21(28)33/h1-12H,(H2,28,33)(H,30,34). The second-order valence-electron chi connectivity index (χ2n) is 7.14. The molecule has 0 bridgehead atoms. The van der Waals surface area contributed by atoms with E-state index in [1.807, 2.05) is 0 Å². The minimum Gasteiger partial charge on any atom is -0.366 e. The van der Waals surface area contributed by atoms with Crippen molar-refractivity contribution in [1.29, 1.82) is 0 Å². The van der Waals surface area contributed by atoms with E-state index in [2.05, 4.69) is 15.4 Å². The lowest BCUT2D eigenvalue weighted by atomic mass is 10.1. The highest BCUT2D eigenvalue weighted by Gasteiger charge is 2.31. The third-order valence-corrected chi connectivity index (χ3v) is 5.12. The molecule has 2 amide bonds. The van der Waals surface area contributed by atoms with Crippen LogP contribution < -0.4 is 11.1 Å². The van der Waals surface area contributed by atoms with Crippen LogP contribution in [0.1, 0.15) is 26.3 Å². The van der Waals surface area contributed by atoms with Gasteiger partial charge in [0.25, 0.3) is 5.91 Å². The number of aromatic nitrogens is 3. The molecule has 0 atom stereocenters. The molecule has 0 spiro atoms. The quantitative estimate of drug-likeness (QED) is 0.417. The number of alkyl halides is 3. The van der Waals surface area contributed by atoms with E-state index in [1.54, 1.807) is 53.3 Å². The first-order chi connectivity index (χ1) is 16.1. The van der Waals surface area contributed by atoms with Gasteiger partial charge in [-0.05, 0) is 54.6 Å². The molecule has 0 aliphatic heterocycles. The van der Waals surface area contributed by atoms with Crippen molar-refractivity contribution in [2.75, 3.05) is 5.32 Å². The van der Waals surface area contributed by atoms with Crippen molar-refractivity contribution in [3.8, 4) is 17.1 Å². The highest BCUT2D eigenvalue weighted by molar-refractivity contribution is 6.34. The number of carbonyl (C=O) groups excluding carboxylic acids is 2. The van der Waals surface area contributed by atoms with Crippen LogP contribution in [0, 0.1) is 0 Å². The third-order valence-electron chi connectivity index (χ3n) is 4.81. The van der Waals surface area contributed by atoms with Gasteiger partial charge < -0.3 is 11.1 Å². The van der Waals surface area contributed by atoms with E-state index >= 15 is 0 Å². The Balaban J connectivity index is 1.53. The van der Waals surface area contributed by atoms with E-state index in [0.717, 1.165) is 12.1 Å². The topological polar surface area (TPSA) is 103 Å². The lowest BCUT2D eigenvalue weighted by Crippen LogP contribution is -2.14. The summed E-state index contributed by atoms with van der Waals surface area (Å²) in [5.41, 5.74) is 6.54. The number of nitrogens with one attached hydrogen (secondary N) is 1. The predicted octanol–water partition coefficient (Wildman–Crippen LogP) is 4.96. The van der Waals surface area contributed by atoms with Crippen molar-refractivity contribution in [2.24, 2.45) is 5.73 Å². The van der Waals surface area contributed by atoms with E-state index in [9.17, 15) is 22.8 Å². The largest absolute Gasteiger partial charge is 0.416 e. The SMILES string of the molecule is NC(=O)c1ccc(-c2ccn(-c3cccc(NC(=O)c4ccc(C(F)(F)F)cc4Cl)c3)n2)nc1. The molecule has 0 saturated carbocycles. The van der Waals surface area contributed by atoms with E-state index < -0.39 is 23.6 Å². The normalized spacial score (nSPS) is 11.3. The molecule has 172 valence electrons. The summed E-state index contributed by atoms with van der Waals surface area (Å²) in [6.45, 7) is 0. The second-order valence-corrected chi connectivity index (χ2v) is 7.55. The van der Waals surface area contributed by atoms with Crippen LogP contribution in [0.5, 0.6) is 0 Å². The van der Waals surface area contributed by atoms with Crippen LogP contribution in [0.15, 0.2) is 73.1 Å². The first kappa shape index (κ1) is 23.0. The molecule has 4 aromatic rings. The van der Waals surface area contributed by atoms with Crippen molar-refractivity contribution in [3.05, 3.63) is 94.8 Å². The van der Waals surface area contributed by atoms with E-state index in [0.29, 0.717) is 28.8 Å². The fourth-order valence-electron chi connectivity index (χ4n) is 3.10. The van der Waals surface area contributed by atoms with E-state index in [-0.39, 0.29) is 16.1 Å². The van der Waals surface area contributed by atoms with Gasteiger partial charge >= 0.3 is 6.18 Å². The van der Waals surface area contributed by atoms with Crippen LogP contribution in [0.25, 0.3) is 17.1 Å². The fourth-order valence-corrected chi connectivity index (χ4v) is 3.36. The smallest absolute Gasteiger partial charge is 0.366 e. The van der Waals surface area contributed by atoms with Crippen LogP contribution in [0.4, 0.5) is 18.9 Å². The van der Waals surface area contributed by atoms with Gasteiger partial charge in [0, 0.05) is 18.1 Å². The number of anilines is 1. The molecular formula is C23H15ClF3N5O2. The number of halogens is 4. The average Bonchev–Trinajstić information content (AvgIpc) is 3.29. The Morgan fingerprint density at radius 3 is 2.44 bits per heavy atom. The first-order valence-electron chi connectivity index (χ1n) is 9.72. The van der Waals surface area contributed by atoms with Gasteiger partial charge in [0.2, 0.25) is 5.91 Å². The molecule has 7 nitrogen and oxygen atoms in total. The summed E-state index contributed by atoms with van der Waals surface area (Å²) in [6.07, 6.45) is -1.51. The maximum atomic E-state index is 12.8. The number of hydrogen-bond donors (Lipinski definition) is 2. The number of carbonyl (C=O) groups is 2. The maximum absolute atomic E-state index is 12.8. The zero-order chi connectivity index (χ0) is 24.5. The van der Waals surface area contributed by atoms with Crippen LogP contribution in [0.3, 0.4) is 0 Å². The zero-order valence-corrected chi connectivity index (χ0v) is 17.9. The minimum absolute atomic E-state index is 0.0908. The lowest BCUT2D eigenvalue weighted by molar-refractivity contribution is -0.137. The number of primary amides is 1. The second kappa shape index (κ2) is 8.99. The van der Waals surface area contributed by atoms with Crippen LogP contribution in [0.2, 0.25) is 5.02 Å². The van der Waals surface area contributed by atoms with Crippen LogP contribution >= 0.6 is 11.6 Å². The van der Waals surface area contributed by atoms with Crippen LogP contribution in [-0.2, 0) is 6.18 Å². The highest BCUT2D eigenvalue weighted by atomic mass is 35.5. The average molecular weight is 486 g/mol. The number of pyridine rings is 1. The summed E-state index contributed by atoms with van der Waals surface area (Å²) in [6, 6.07) is 14.1. The van der Waals surface area contributed by atoms with Crippen molar-refractivity contribution in [1.82, 2.24) is 14.8 Å². The van der Waals surface area contributed by atoms with Gasteiger partial charge in [-0.15, -0.1) is 0 Å². The van der Waals surface area contributed by atoms with Crippen molar-refractivity contribution >= 4 is 29.1 Å². The number of hydrogen-bond acceptors (Lipinski definition) is 4. The number of nitrogens with two attached hydrogens (primary N) is 1. The van der Waals surface area contributed by atoms with Gasteiger partial charge in [-0.3, -0.25) is 14.6 Å². The maximum Gasteiger partial charge on any atom is 0.416 e. The lowest BCUT2D eigenvalue weighted by Gasteiger charge is -2.11. The van der Waals surface area contributed by atoms with Crippen molar-refractivity contribution < 1.29 is 22.8 Å². The first-order valence-corrected chi connectivity index (χ1v) is 10.1. The molecule has 0 radical (unpaired) electrons. The highest BCUT2D eigenvalue weighted by Crippen LogP contribution is 2.32. The molecule has 2 aromatic heterocycles. The summed E-state index contributed by atoms with van der Waals surface area (Å²) >= 11 is 5.91. The molecule has 11 heteroatoms. The van der Waals surface area contributed by atoms with E-state index in [4.69, 9.17) is 17.3 Å². The molecule has 0 saturated heterocycles. The van der Waals surface area contributed by atoms with Gasteiger partial charge in [0.05, 0.1) is 33.1 Å².